The maximum Gasteiger partial charge on any atom is 0.326 e. The van der Waals surface area contributed by atoms with Crippen molar-refractivity contribution in [1.82, 2.24) is 5.32 Å². The Labute approximate surface area is 191 Å². The molecule has 3 aromatic rings. The molecule has 3 aromatic carbocycles. The Morgan fingerprint density at radius 3 is 2.12 bits per heavy atom. The molecule has 3 amide bonds. The minimum atomic E-state index is -0.323. The Bertz CT molecular complexity index is 1040. The first-order valence-corrected chi connectivity index (χ1v) is 10.3. The van der Waals surface area contributed by atoms with Crippen LogP contribution in [0.2, 0.25) is 5.02 Å². The number of urea groups is 1. The Balaban J connectivity index is 1.68. The number of nitrogens with one attached hydrogen (secondary N) is 2. The highest BCUT2D eigenvalue weighted by Crippen LogP contribution is 2.22. The first kappa shape index (κ1) is 23.0. The average Bonchev–Trinajstić information content (AvgIpc) is 2.83. The monoisotopic (exact) mass is 453 g/mol. The van der Waals surface area contributed by atoms with Crippen molar-refractivity contribution < 1.29 is 19.1 Å². The molecule has 0 unspecified atom stereocenters. The van der Waals surface area contributed by atoms with E-state index in [-0.39, 0.29) is 25.0 Å². The zero-order valence-electron chi connectivity index (χ0n) is 17.8. The molecular formula is C24H24ClN3O4. The average molecular weight is 454 g/mol. The van der Waals surface area contributed by atoms with Gasteiger partial charge in [-0.1, -0.05) is 29.8 Å². The second-order valence-electron chi connectivity index (χ2n) is 6.78. The summed E-state index contributed by atoms with van der Waals surface area (Å²) in [5.41, 5.74) is 1.72. The lowest BCUT2D eigenvalue weighted by Gasteiger charge is -2.23. The van der Waals surface area contributed by atoms with Crippen molar-refractivity contribution in [1.29, 1.82) is 0 Å². The topological polar surface area (TPSA) is 79.9 Å². The molecule has 0 aliphatic rings. The number of ether oxygens (including phenoxy) is 2. The second kappa shape index (κ2) is 11.1. The van der Waals surface area contributed by atoms with Crippen LogP contribution in [0.3, 0.4) is 0 Å². The first-order chi connectivity index (χ1) is 15.5. The molecule has 0 atom stereocenters. The zero-order chi connectivity index (χ0) is 22.9. The maximum atomic E-state index is 12.9. The summed E-state index contributed by atoms with van der Waals surface area (Å²) in [6.45, 7) is 0.498. The number of nitrogens with zero attached hydrogens (tertiary/aromatic N) is 1. The van der Waals surface area contributed by atoms with Gasteiger partial charge in [0.15, 0.2) is 0 Å². The molecule has 0 heterocycles. The van der Waals surface area contributed by atoms with E-state index in [2.05, 4.69) is 10.6 Å². The fraction of sp³-hybridized carbons (Fsp3) is 0.167. The van der Waals surface area contributed by atoms with Gasteiger partial charge in [-0.2, -0.15) is 0 Å². The van der Waals surface area contributed by atoms with E-state index in [9.17, 15) is 9.59 Å². The van der Waals surface area contributed by atoms with Gasteiger partial charge in [0, 0.05) is 41.1 Å². The lowest BCUT2D eigenvalue weighted by molar-refractivity contribution is 0.0954. The molecule has 0 saturated heterocycles. The van der Waals surface area contributed by atoms with Gasteiger partial charge in [0.2, 0.25) is 0 Å². The summed E-state index contributed by atoms with van der Waals surface area (Å²) >= 11 is 5.91. The van der Waals surface area contributed by atoms with Crippen molar-refractivity contribution in [2.45, 2.75) is 0 Å². The van der Waals surface area contributed by atoms with E-state index < -0.39 is 0 Å². The fourth-order valence-electron chi connectivity index (χ4n) is 3.00. The van der Waals surface area contributed by atoms with E-state index in [0.29, 0.717) is 33.5 Å². The number of para-hydroxylation sites is 1. The number of carbonyl (C=O) groups is 2. The molecule has 3 rings (SSSR count). The van der Waals surface area contributed by atoms with E-state index in [1.54, 1.807) is 47.4 Å². The van der Waals surface area contributed by atoms with Gasteiger partial charge in [-0.05, 0) is 48.5 Å². The van der Waals surface area contributed by atoms with Crippen molar-refractivity contribution in [3.63, 3.8) is 0 Å². The summed E-state index contributed by atoms with van der Waals surface area (Å²) in [7, 11) is 3.04. The highest BCUT2D eigenvalue weighted by molar-refractivity contribution is 6.30. The number of halogens is 1. The molecule has 7 nitrogen and oxygen atoms in total. The Morgan fingerprint density at radius 2 is 1.53 bits per heavy atom. The molecule has 32 heavy (non-hydrogen) atoms. The summed E-state index contributed by atoms with van der Waals surface area (Å²) in [5.74, 6) is 0.735. The summed E-state index contributed by atoms with van der Waals surface area (Å²) in [6, 6.07) is 20.7. The van der Waals surface area contributed by atoms with Crippen molar-refractivity contribution >= 4 is 34.9 Å². The number of methoxy groups -OCH3 is 2. The Hall–Kier alpha value is -3.71. The third-order valence-corrected chi connectivity index (χ3v) is 4.90. The van der Waals surface area contributed by atoms with Crippen molar-refractivity contribution in [3.05, 3.63) is 83.4 Å². The predicted octanol–water partition coefficient (Wildman–Crippen LogP) is 4.83. The van der Waals surface area contributed by atoms with E-state index >= 15 is 0 Å². The number of hydrogen-bond donors (Lipinski definition) is 2. The van der Waals surface area contributed by atoms with Crippen LogP contribution in [-0.4, -0.2) is 39.2 Å². The van der Waals surface area contributed by atoms with Crippen LogP contribution in [0.1, 0.15) is 10.4 Å². The second-order valence-corrected chi connectivity index (χ2v) is 7.22. The van der Waals surface area contributed by atoms with Gasteiger partial charge in [0.05, 0.1) is 14.2 Å². The van der Waals surface area contributed by atoms with Crippen LogP contribution < -0.4 is 25.0 Å². The van der Waals surface area contributed by atoms with E-state index in [1.807, 2.05) is 30.3 Å². The quantitative estimate of drug-likeness (QED) is 0.512. The number of hydrogen-bond acceptors (Lipinski definition) is 4. The third-order valence-electron chi connectivity index (χ3n) is 4.64. The van der Waals surface area contributed by atoms with E-state index in [0.717, 1.165) is 0 Å². The number of rotatable bonds is 8. The summed E-state index contributed by atoms with van der Waals surface area (Å²) in [5, 5.41) is 6.27. The highest BCUT2D eigenvalue weighted by atomic mass is 35.5. The standard InChI is InChI=1S/C24H24ClN3O4/c1-31-21-14-17(15-22(16-21)32-2)23(29)26-12-13-28(20-6-4-3-5-7-20)24(30)27-19-10-8-18(25)9-11-19/h3-11,14-16H,12-13H2,1-2H3,(H,26,29)(H,27,30). The van der Waals surface area contributed by atoms with Gasteiger partial charge in [-0.25, -0.2) is 4.79 Å². The number of benzene rings is 3. The van der Waals surface area contributed by atoms with Crippen LogP contribution in [-0.2, 0) is 0 Å². The van der Waals surface area contributed by atoms with Crippen molar-refractivity contribution in [2.24, 2.45) is 0 Å². The molecule has 8 heteroatoms. The molecule has 166 valence electrons. The summed E-state index contributed by atoms with van der Waals surface area (Å²) < 4.78 is 10.4. The lowest BCUT2D eigenvalue weighted by Crippen LogP contribution is -2.41. The summed E-state index contributed by atoms with van der Waals surface area (Å²) in [4.78, 5) is 27.1. The molecule has 0 fully saturated rings. The molecule has 0 aromatic heterocycles. The molecular weight excluding hydrogens is 430 g/mol. The molecule has 2 N–H and O–H groups in total. The van der Waals surface area contributed by atoms with Crippen molar-refractivity contribution in [3.8, 4) is 11.5 Å². The van der Waals surface area contributed by atoms with Crippen LogP contribution in [0.15, 0.2) is 72.8 Å². The number of amides is 3. The normalized spacial score (nSPS) is 10.2. The van der Waals surface area contributed by atoms with Gasteiger partial charge in [0.1, 0.15) is 11.5 Å². The first-order valence-electron chi connectivity index (χ1n) is 9.90. The molecule has 0 aliphatic carbocycles. The minimum Gasteiger partial charge on any atom is -0.497 e. The predicted molar refractivity (Wildman–Crippen MR) is 126 cm³/mol. The van der Waals surface area contributed by atoms with Gasteiger partial charge < -0.3 is 20.1 Å². The van der Waals surface area contributed by atoms with Crippen LogP contribution >= 0.6 is 11.6 Å². The fourth-order valence-corrected chi connectivity index (χ4v) is 3.13. The minimum absolute atomic E-state index is 0.237. The molecule has 0 aliphatic heterocycles. The van der Waals surface area contributed by atoms with Crippen LogP contribution in [0.5, 0.6) is 11.5 Å². The summed E-state index contributed by atoms with van der Waals surface area (Å²) in [6.07, 6.45) is 0. The van der Waals surface area contributed by atoms with E-state index in [4.69, 9.17) is 21.1 Å². The van der Waals surface area contributed by atoms with Gasteiger partial charge in [-0.3, -0.25) is 9.69 Å². The molecule has 0 saturated carbocycles. The third kappa shape index (κ3) is 6.15. The zero-order valence-corrected chi connectivity index (χ0v) is 18.6. The Morgan fingerprint density at radius 1 is 0.906 bits per heavy atom. The SMILES string of the molecule is COc1cc(OC)cc(C(=O)NCCN(C(=O)Nc2ccc(Cl)cc2)c2ccccc2)c1. The van der Waals surface area contributed by atoms with Crippen LogP contribution in [0.4, 0.5) is 16.2 Å². The van der Waals surface area contributed by atoms with Gasteiger partial charge >= 0.3 is 6.03 Å². The van der Waals surface area contributed by atoms with Crippen LogP contribution in [0.25, 0.3) is 0 Å². The van der Waals surface area contributed by atoms with E-state index in [1.165, 1.54) is 14.2 Å². The van der Waals surface area contributed by atoms with Crippen LogP contribution in [0, 0.1) is 0 Å². The van der Waals surface area contributed by atoms with Gasteiger partial charge in [0.25, 0.3) is 5.91 Å². The Kier molecular flexibility index (Phi) is 7.94. The molecule has 0 bridgehead atoms. The lowest BCUT2D eigenvalue weighted by atomic mass is 10.2. The number of anilines is 2. The smallest absolute Gasteiger partial charge is 0.326 e. The van der Waals surface area contributed by atoms with Gasteiger partial charge in [-0.15, -0.1) is 0 Å². The number of carbonyl (C=O) groups excluding carboxylic acids is 2. The van der Waals surface area contributed by atoms with Crippen molar-refractivity contribution in [2.75, 3.05) is 37.5 Å². The largest absolute Gasteiger partial charge is 0.497 e. The molecule has 0 spiro atoms. The highest BCUT2D eigenvalue weighted by Gasteiger charge is 2.17. The molecule has 0 radical (unpaired) electrons. The maximum absolute atomic E-state index is 12.9.